The Morgan fingerprint density at radius 3 is 1.25 bits per heavy atom. The summed E-state index contributed by atoms with van der Waals surface area (Å²) in [6.45, 7) is 3.77. The van der Waals surface area contributed by atoms with Crippen LogP contribution >= 0.6 is 0 Å². The van der Waals surface area contributed by atoms with E-state index in [4.69, 9.17) is 9.47 Å². The van der Waals surface area contributed by atoms with Crippen LogP contribution in [0.1, 0.15) is 271 Å². The molecule has 0 bridgehead atoms. The molecular formula is C58H109NO8. The minimum absolute atomic E-state index is 0.194. The van der Waals surface area contributed by atoms with Gasteiger partial charge in [-0.25, -0.2) is 0 Å². The lowest BCUT2D eigenvalue weighted by molar-refractivity contribution is -0.302. The molecule has 0 spiro atoms. The largest absolute Gasteiger partial charge is 0.394 e. The number of unbranched alkanes of at least 4 members (excludes halogenated alkanes) is 35. The lowest BCUT2D eigenvalue weighted by atomic mass is 9.99. The molecule has 0 radical (unpaired) electrons. The first-order valence-corrected chi connectivity index (χ1v) is 28.7. The predicted molar refractivity (Wildman–Crippen MR) is 281 cm³/mol. The zero-order valence-corrected chi connectivity index (χ0v) is 43.7. The smallest absolute Gasteiger partial charge is 0.220 e. The summed E-state index contributed by atoms with van der Waals surface area (Å²) in [6, 6.07) is -0.825. The summed E-state index contributed by atoms with van der Waals surface area (Å²) in [5, 5.41) is 54.4. The molecule has 1 heterocycles. The van der Waals surface area contributed by atoms with Gasteiger partial charge in [0.1, 0.15) is 24.4 Å². The Kier molecular flexibility index (Phi) is 45.5. The van der Waals surface area contributed by atoms with E-state index >= 15 is 0 Å². The van der Waals surface area contributed by atoms with E-state index in [0.717, 1.165) is 57.8 Å². The fourth-order valence-electron chi connectivity index (χ4n) is 9.11. The van der Waals surface area contributed by atoms with Crippen molar-refractivity contribution in [3.63, 3.8) is 0 Å². The van der Waals surface area contributed by atoms with Gasteiger partial charge in [-0.15, -0.1) is 0 Å². The molecular weight excluding hydrogens is 839 g/mol. The summed E-state index contributed by atoms with van der Waals surface area (Å²) in [7, 11) is 0. The van der Waals surface area contributed by atoms with Crippen molar-refractivity contribution < 1.29 is 39.8 Å². The van der Waals surface area contributed by atoms with Gasteiger partial charge in [0.25, 0.3) is 0 Å². The normalized spacial score (nSPS) is 19.9. The second-order valence-corrected chi connectivity index (χ2v) is 20.1. The Morgan fingerprint density at radius 2 is 0.851 bits per heavy atom. The van der Waals surface area contributed by atoms with E-state index in [2.05, 4.69) is 43.5 Å². The van der Waals surface area contributed by atoms with E-state index in [1.807, 2.05) is 6.08 Å². The second kappa shape index (κ2) is 48.1. The molecule has 1 fully saturated rings. The van der Waals surface area contributed by atoms with Crippen LogP contribution in [-0.4, -0.2) is 87.5 Å². The highest BCUT2D eigenvalue weighted by Crippen LogP contribution is 2.23. The van der Waals surface area contributed by atoms with Crippen LogP contribution in [0, 0.1) is 0 Å². The molecule has 1 rings (SSSR count). The first kappa shape index (κ1) is 63.4. The maximum atomic E-state index is 13.0. The number of hydrogen-bond acceptors (Lipinski definition) is 8. The SMILES string of the molecule is CCCCCCCC/C=C\CCCCCCCC(=O)NC(COC1OC(CO)C(O)C(O)C1O)C(O)/C=C/CC/C=C/CCCCCCCCCCCCCCCCCCCCCCCCC. The van der Waals surface area contributed by atoms with Gasteiger partial charge in [-0.1, -0.05) is 243 Å². The molecule has 0 aromatic carbocycles. The lowest BCUT2D eigenvalue weighted by Crippen LogP contribution is -2.60. The highest BCUT2D eigenvalue weighted by Gasteiger charge is 2.44. The van der Waals surface area contributed by atoms with Crippen LogP contribution < -0.4 is 5.32 Å². The standard InChI is InChI=1S/C58H109NO8/c1-3-5-7-9-11-13-15-17-19-20-21-22-23-24-25-26-27-28-29-30-31-32-34-35-37-39-41-43-45-47-52(61)51(50-66-58-57(65)56(64)55(63)53(49-60)67-58)59-54(62)48-46-44-42-40-38-36-33-18-16-14-12-10-8-6-4-2/h18,33,37,39,45,47,51-53,55-58,60-61,63-65H,3-17,19-32,34-36,38,40-44,46,48-50H2,1-2H3,(H,59,62)/b33-18-,39-37+,47-45+. The van der Waals surface area contributed by atoms with Gasteiger partial charge in [0.2, 0.25) is 5.91 Å². The van der Waals surface area contributed by atoms with Gasteiger partial charge in [0.05, 0.1) is 25.4 Å². The molecule has 0 aromatic rings. The number of aliphatic hydroxyl groups excluding tert-OH is 5. The molecule has 1 saturated heterocycles. The summed E-state index contributed by atoms with van der Waals surface area (Å²) < 4.78 is 11.2. The monoisotopic (exact) mass is 948 g/mol. The zero-order valence-electron chi connectivity index (χ0n) is 43.7. The maximum Gasteiger partial charge on any atom is 0.220 e. The molecule has 1 aliphatic rings. The molecule has 1 amide bonds. The predicted octanol–water partition coefficient (Wildman–Crippen LogP) is 14.0. The third-order valence-electron chi connectivity index (χ3n) is 13.7. The Hall–Kier alpha value is -1.59. The van der Waals surface area contributed by atoms with Crippen LogP contribution in [-0.2, 0) is 14.3 Å². The third kappa shape index (κ3) is 37.9. The molecule has 0 aromatic heterocycles. The number of rotatable bonds is 49. The van der Waals surface area contributed by atoms with Crippen LogP contribution in [0.4, 0.5) is 0 Å². The number of hydrogen-bond donors (Lipinski definition) is 6. The van der Waals surface area contributed by atoms with Crippen molar-refractivity contribution in [2.24, 2.45) is 0 Å². The van der Waals surface area contributed by atoms with Crippen molar-refractivity contribution in [1.82, 2.24) is 5.32 Å². The first-order valence-electron chi connectivity index (χ1n) is 28.7. The number of nitrogens with one attached hydrogen (secondary N) is 1. The molecule has 0 aliphatic carbocycles. The molecule has 7 atom stereocenters. The average molecular weight is 949 g/mol. The first-order chi connectivity index (χ1) is 32.8. The summed E-state index contributed by atoms with van der Waals surface area (Å²) in [5.74, 6) is -0.194. The zero-order chi connectivity index (χ0) is 48.7. The Balaban J connectivity index is 2.21. The van der Waals surface area contributed by atoms with Crippen LogP contribution in [0.25, 0.3) is 0 Å². The Bertz CT molecular complexity index is 1150. The number of ether oxygens (including phenoxy) is 2. The number of allylic oxidation sites excluding steroid dienone is 5. The summed E-state index contributed by atoms with van der Waals surface area (Å²) >= 11 is 0. The fraction of sp³-hybridized carbons (Fsp3) is 0.879. The molecule has 0 saturated carbocycles. The van der Waals surface area contributed by atoms with Crippen molar-refractivity contribution >= 4 is 5.91 Å². The van der Waals surface area contributed by atoms with Gasteiger partial charge in [0.15, 0.2) is 6.29 Å². The number of carbonyl (C=O) groups is 1. The summed E-state index contributed by atoms with van der Waals surface area (Å²) in [4.78, 5) is 13.0. The van der Waals surface area contributed by atoms with Crippen molar-refractivity contribution in [3.8, 4) is 0 Å². The molecule has 67 heavy (non-hydrogen) atoms. The molecule has 394 valence electrons. The van der Waals surface area contributed by atoms with Crippen molar-refractivity contribution in [3.05, 3.63) is 36.5 Å². The van der Waals surface area contributed by atoms with Crippen molar-refractivity contribution in [2.45, 2.75) is 314 Å². The minimum Gasteiger partial charge on any atom is -0.394 e. The average Bonchev–Trinajstić information content (AvgIpc) is 3.33. The van der Waals surface area contributed by atoms with Crippen LogP contribution in [0.15, 0.2) is 36.5 Å². The van der Waals surface area contributed by atoms with Gasteiger partial charge in [0, 0.05) is 6.42 Å². The van der Waals surface area contributed by atoms with Crippen LogP contribution in [0.2, 0.25) is 0 Å². The molecule has 7 unspecified atom stereocenters. The van der Waals surface area contributed by atoms with Crippen molar-refractivity contribution in [1.29, 1.82) is 0 Å². The lowest BCUT2D eigenvalue weighted by Gasteiger charge is -2.40. The molecule has 1 aliphatic heterocycles. The Labute approximate surface area is 412 Å². The Morgan fingerprint density at radius 1 is 0.493 bits per heavy atom. The molecule has 6 N–H and O–H groups in total. The highest BCUT2D eigenvalue weighted by atomic mass is 16.7. The minimum atomic E-state index is -1.57. The fourth-order valence-corrected chi connectivity index (χ4v) is 9.11. The quantitative estimate of drug-likeness (QED) is 0.0261. The third-order valence-corrected chi connectivity index (χ3v) is 13.7. The highest BCUT2D eigenvalue weighted by molar-refractivity contribution is 5.76. The van der Waals surface area contributed by atoms with E-state index in [9.17, 15) is 30.3 Å². The van der Waals surface area contributed by atoms with Gasteiger partial charge in [-0.3, -0.25) is 4.79 Å². The van der Waals surface area contributed by atoms with E-state index in [1.54, 1.807) is 6.08 Å². The maximum absolute atomic E-state index is 13.0. The summed E-state index contributed by atoms with van der Waals surface area (Å²) in [5.41, 5.74) is 0. The van der Waals surface area contributed by atoms with Crippen LogP contribution in [0.3, 0.4) is 0 Å². The van der Waals surface area contributed by atoms with E-state index in [-0.39, 0.29) is 12.5 Å². The van der Waals surface area contributed by atoms with Gasteiger partial charge < -0.3 is 40.3 Å². The van der Waals surface area contributed by atoms with E-state index < -0.39 is 49.5 Å². The molecule has 9 heteroatoms. The van der Waals surface area contributed by atoms with Gasteiger partial charge >= 0.3 is 0 Å². The van der Waals surface area contributed by atoms with Gasteiger partial charge in [-0.2, -0.15) is 0 Å². The van der Waals surface area contributed by atoms with Crippen molar-refractivity contribution in [2.75, 3.05) is 13.2 Å². The second-order valence-electron chi connectivity index (χ2n) is 20.1. The topological polar surface area (TPSA) is 149 Å². The summed E-state index contributed by atoms with van der Waals surface area (Å²) in [6.07, 6.45) is 55.1. The van der Waals surface area contributed by atoms with E-state index in [0.29, 0.717) is 6.42 Å². The van der Waals surface area contributed by atoms with Gasteiger partial charge in [-0.05, 0) is 57.8 Å². The van der Waals surface area contributed by atoms with E-state index in [1.165, 1.54) is 193 Å². The van der Waals surface area contributed by atoms with Crippen LogP contribution in [0.5, 0.6) is 0 Å². The molecule has 9 nitrogen and oxygen atoms in total. The number of amides is 1. The number of aliphatic hydroxyl groups is 5. The number of carbonyl (C=O) groups excluding carboxylic acids is 1.